The first-order valence-corrected chi connectivity index (χ1v) is 11.4. The van der Waals surface area contributed by atoms with Gasteiger partial charge in [0.1, 0.15) is 11.6 Å². The van der Waals surface area contributed by atoms with E-state index >= 15 is 0 Å². The van der Waals surface area contributed by atoms with Crippen LogP contribution in [0.3, 0.4) is 0 Å². The minimum atomic E-state index is -0.0352. The van der Waals surface area contributed by atoms with Crippen LogP contribution in [0, 0.1) is 20.8 Å². The fraction of sp³-hybridized carbons (Fsp3) is 0.280. The first-order valence-electron chi connectivity index (χ1n) is 11.0. The van der Waals surface area contributed by atoms with Crippen molar-refractivity contribution in [2.45, 2.75) is 20.8 Å². The highest BCUT2D eigenvalue weighted by molar-refractivity contribution is 6.33. The highest BCUT2D eigenvalue weighted by atomic mass is 35.5. The first kappa shape index (κ1) is 21.4. The molecule has 0 bridgehead atoms. The van der Waals surface area contributed by atoms with Crippen LogP contribution in [0.1, 0.15) is 27.3 Å². The summed E-state index contributed by atoms with van der Waals surface area (Å²) >= 11 is 6.23. The van der Waals surface area contributed by atoms with Crippen molar-refractivity contribution in [3.05, 3.63) is 76.2 Å². The van der Waals surface area contributed by atoms with Gasteiger partial charge in [0, 0.05) is 26.2 Å². The minimum Gasteiger partial charge on any atom is -0.352 e. The average Bonchev–Trinajstić information content (AvgIpc) is 3.22. The Bertz CT molecular complexity index is 1360. The summed E-state index contributed by atoms with van der Waals surface area (Å²) in [5, 5.41) is 6.05. The molecule has 168 valence electrons. The zero-order chi connectivity index (χ0) is 23.1. The van der Waals surface area contributed by atoms with E-state index in [1.54, 1.807) is 12.1 Å². The topological polar surface area (TPSA) is 67.2 Å². The van der Waals surface area contributed by atoms with Crippen LogP contribution >= 0.6 is 11.6 Å². The van der Waals surface area contributed by atoms with Gasteiger partial charge in [-0.25, -0.2) is 14.6 Å². The molecule has 2 aromatic carbocycles. The Morgan fingerprint density at radius 1 is 0.970 bits per heavy atom. The van der Waals surface area contributed by atoms with Gasteiger partial charge in [-0.1, -0.05) is 41.4 Å². The largest absolute Gasteiger partial charge is 0.352 e. The third-order valence-electron chi connectivity index (χ3n) is 6.07. The van der Waals surface area contributed by atoms with Crippen molar-refractivity contribution in [1.29, 1.82) is 0 Å². The van der Waals surface area contributed by atoms with Crippen LogP contribution in [-0.4, -0.2) is 56.7 Å². The fourth-order valence-electron chi connectivity index (χ4n) is 4.39. The zero-order valence-electron chi connectivity index (χ0n) is 18.9. The van der Waals surface area contributed by atoms with Crippen molar-refractivity contribution >= 4 is 34.4 Å². The van der Waals surface area contributed by atoms with Gasteiger partial charge in [0.2, 0.25) is 0 Å². The summed E-state index contributed by atoms with van der Waals surface area (Å²) in [5.41, 5.74) is 4.70. The number of hydrogen-bond acceptors (Lipinski definition) is 5. The summed E-state index contributed by atoms with van der Waals surface area (Å²) in [4.78, 5) is 26.4. The molecule has 0 radical (unpaired) electrons. The van der Waals surface area contributed by atoms with E-state index in [0.29, 0.717) is 42.6 Å². The monoisotopic (exact) mass is 460 g/mol. The van der Waals surface area contributed by atoms with Crippen LogP contribution in [0.15, 0.2) is 48.7 Å². The molecule has 1 amide bonds. The SMILES string of the molecule is Cc1ccc(-n2ncc3c(N4CCN(C(=O)c5ccccc5Cl)CC4)nc(C)nc32)c(C)c1. The molecule has 2 aromatic heterocycles. The lowest BCUT2D eigenvalue weighted by Gasteiger charge is -2.35. The van der Waals surface area contributed by atoms with Crippen LogP contribution in [-0.2, 0) is 0 Å². The zero-order valence-corrected chi connectivity index (χ0v) is 19.7. The lowest BCUT2D eigenvalue weighted by molar-refractivity contribution is 0.0747. The molecule has 8 heteroatoms. The molecule has 1 aliphatic heterocycles. The van der Waals surface area contributed by atoms with Gasteiger partial charge >= 0.3 is 0 Å². The molecule has 3 heterocycles. The lowest BCUT2D eigenvalue weighted by atomic mass is 10.1. The van der Waals surface area contributed by atoms with Crippen molar-refractivity contribution in [1.82, 2.24) is 24.6 Å². The third-order valence-corrected chi connectivity index (χ3v) is 6.40. The molecule has 33 heavy (non-hydrogen) atoms. The Kier molecular flexibility index (Phi) is 5.50. The number of halogens is 1. The molecule has 1 fully saturated rings. The van der Waals surface area contributed by atoms with E-state index in [1.807, 2.05) is 34.8 Å². The van der Waals surface area contributed by atoms with E-state index in [9.17, 15) is 4.79 Å². The highest BCUT2D eigenvalue weighted by Gasteiger charge is 2.26. The molecule has 1 aliphatic rings. The van der Waals surface area contributed by atoms with Crippen LogP contribution in [0.5, 0.6) is 0 Å². The van der Waals surface area contributed by atoms with Gasteiger partial charge < -0.3 is 9.80 Å². The molecular weight excluding hydrogens is 436 g/mol. The predicted molar refractivity (Wildman–Crippen MR) is 130 cm³/mol. The number of nitrogens with zero attached hydrogens (tertiary/aromatic N) is 6. The summed E-state index contributed by atoms with van der Waals surface area (Å²) in [5.74, 6) is 1.52. The number of rotatable bonds is 3. The van der Waals surface area contributed by atoms with E-state index in [0.717, 1.165) is 28.1 Å². The van der Waals surface area contributed by atoms with E-state index in [-0.39, 0.29) is 5.91 Å². The number of benzene rings is 2. The molecule has 7 nitrogen and oxygen atoms in total. The van der Waals surface area contributed by atoms with Gasteiger partial charge in [-0.05, 0) is 44.5 Å². The van der Waals surface area contributed by atoms with Crippen molar-refractivity contribution in [2.75, 3.05) is 31.1 Å². The van der Waals surface area contributed by atoms with Crippen LogP contribution in [0.4, 0.5) is 5.82 Å². The molecule has 5 rings (SSSR count). The number of hydrogen-bond donors (Lipinski definition) is 0. The van der Waals surface area contributed by atoms with Crippen LogP contribution < -0.4 is 4.90 Å². The third kappa shape index (κ3) is 3.93. The summed E-state index contributed by atoms with van der Waals surface area (Å²) in [6, 6.07) is 13.5. The fourth-order valence-corrected chi connectivity index (χ4v) is 4.60. The number of aryl methyl sites for hydroxylation is 3. The Balaban J connectivity index is 1.43. The molecule has 0 unspecified atom stereocenters. The summed E-state index contributed by atoms with van der Waals surface area (Å²) < 4.78 is 1.89. The quantitative estimate of drug-likeness (QED) is 0.454. The maximum atomic E-state index is 12.9. The smallest absolute Gasteiger partial charge is 0.255 e. The first-order chi connectivity index (χ1) is 15.9. The number of amides is 1. The number of fused-ring (bicyclic) bond motifs is 1. The predicted octanol–water partition coefficient (Wildman–Crippen LogP) is 4.36. The van der Waals surface area contributed by atoms with Crippen molar-refractivity contribution in [3.8, 4) is 5.69 Å². The van der Waals surface area contributed by atoms with E-state index < -0.39 is 0 Å². The van der Waals surface area contributed by atoms with Gasteiger partial charge in [-0.15, -0.1) is 0 Å². The Hall–Kier alpha value is -3.45. The number of aromatic nitrogens is 4. The second-order valence-corrected chi connectivity index (χ2v) is 8.84. The van der Waals surface area contributed by atoms with Gasteiger partial charge in [-0.2, -0.15) is 5.10 Å². The summed E-state index contributed by atoms with van der Waals surface area (Å²) in [6.45, 7) is 8.62. The van der Waals surface area contributed by atoms with Gasteiger partial charge in [0.05, 0.1) is 27.9 Å². The maximum Gasteiger partial charge on any atom is 0.255 e. The summed E-state index contributed by atoms with van der Waals surface area (Å²) in [6.07, 6.45) is 1.84. The van der Waals surface area contributed by atoms with E-state index in [4.69, 9.17) is 21.6 Å². The van der Waals surface area contributed by atoms with Crippen LogP contribution in [0.2, 0.25) is 5.02 Å². The maximum absolute atomic E-state index is 12.9. The number of carbonyl (C=O) groups is 1. The van der Waals surface area contributed by atoms with Gasteiger partial charge in [0.25, 0.3) is 5.91 Å². The van der Waals surface area contributed by atoms with E-state index in [2.05, 4.69) is 42.0 Å². The van der Waals surface area contributed by atoms with Crippen LogP contribution in [0.25, 0.3) is 16.7 Å². The molecular formula is C25H25ClN6O. The summed E-state index contributed by atoms with van der Waals surface area (Å²) in [7, 11) is 0. The average molecular weight is 461 g/mol. The van der Waals surface area contributed by atoms with Gasteiger partial charge in [-0.3, -0.25) is 4.79 Å². The molecule has 0 spiro atoms. The normalized spacial score (nSPS) is 14.2. The molecule has 1 saturated heterocycles. The van der Waals surface area contributed by atoms with Crippen molar-refractivity contribution in [2.24, 2.45) is 0 Å². The van der Waals surface area contributed by atoms with E-state index in [1.165, 1.54) is 5.56 Å². The second-order valence-electron chi connectivity index (χ2n) is 8.44. The standard InChI is InChI=1S/C25H25ClN6O/c1-16-8-9-22(17(2)14-16)32-24-20(15-27-32)23(28-18(3)29-24)30-10-12-31(13-11-30)25(33)19-6-4-5-7-21(19)26/h4-9,14-15H,10-13H2,1-3H3. The number of carbonyl (C=O) groups excluding carboxylic acids is 1. The Morgan fingerprint density at radius 3 is 2.45 bits per heavy atom. The van der Waals surface area contributed by atoms with Crippen molar-refractivity contribution in [3.63, 3.8) is 0 Å². The highest BCUT2D eigenvalue weighted by Crippen LogP contribution is 2.28. The molecule has 0 N–H and O–H groups in total. The molecule has 0 saturated carbocycles. The minimum absolute atomic E-state index is 0.0352. The second kappa shape index (κ2) is 8.48. The molecule has 0 aliphatic carbocycles. The molecule has 4 aromatic rings. The molecule has 0 atom stereocenters. The Morgan fingerprint density at radius 2 is 1.73 bits per heavy atom. The van der Waals surface area contributed by atoms with Crippen molar-refractivity contribution < 1.29 is 4.79 Å². The Labute approximate surface area is 197 Å². The van der Waals surface area contributed by atoms with Gasteiger partial charge in [0.15, 0.2) is 5.65 Å². The lowest BCUT2D eigenvalue weighted by Crippen LogP contribution is -2.49. The number of piperazine rings is 1. The number of anilines is 1.